The largest absolute Gasteiger partial charge is 0.507 e. The zero-order chi connectivity index (χ0) is 15.9. The Bertz CT molecular complexity index is 868. The predicted octanol–water partition coefficient (Wildman–Crippen LogP) is 4.70. The van der Waals surface area contributed by atoms with Gasteiger partial charge in [0.15, 0.2) is 5.78 Å². The Labute approximate surface area is 130 Å². The molecule has 3 aromatic carbocycles. The van der Waals surface area contributed by atoms with Crippen LogP contribution in [0.15, 0.2) is 48.5 Å². The third-order valence-electron chi connectivity index (χ3n) is 4.05. The Morgan fingerprint density at radius 1 is 0.864 bits per heavy atom. The Kier molecular flexibility index (Phi) is 3.45. The van der Waals surface area contributed by atoms with E-state index in [2.05, 4.69) is 0 Å². The summed E-state index contributed by atoms with van der Waals surface area (Å²) >= 11 is 0. The van der Waals surface area contributed by atoms with Crippen LogP contribution in [-0.2, 0) is 0 Å². The van der Waals surface area contributed by atoms with Crippen LogP contribution in [0.25, 0.3) is 10.8 Å². The average molecular weight is 290 g/mol. The minimum atomic E-state index is -0.121. The van der Waals surface area contributed by atoms with Gasteiger partial charge in [0.2, 0.25) is 0 Å². The normalized spacial score (nSPS) is 10.9. The first kappa shape index (κ1) is 14.3. The number of rotatable bonds is 2. The number of hydrogen-bond acceptors (Lipinski definition) is 2. The molecule has 0 bridgehead atoms. The number of carbonyl (C=O) groups excluding carboxylic acids is 1. The maximum Gasteiger partial charge on any atom is 0.197 e. The maximum absolute atomic E-state index is 13.1. The molecule has 0 saturated heterocycles. The summed E-state index contributed by atoms with van der Waals surface area (Å²) in [6.07, 6.45) is 0. The first-order valence-electron chi connectivity index (χ1n) is 7.32. The second-order valence-electron chi connectivity index (χ2n) is 5.78. The Hall–Kier alpha value is -2.61. The van der Waals surface area contributed by atoms with Crippen molar-refractivity contribution in [3.8, 4) is 5.75 Å². The van der Waals surface area contributed by atoms with Crippen molar-refractivity contribution in [1.82, 2.24) is 0 Å². The van der Waals surface area contributed by atoms with E-state index in [9.17, 15) is 9.90 Å². The number of phenols is 1. The molecule has 0 saturated carbocycles. The SMILES string of the molecule is Cc1cc(C)c(C(=O)c2c(C)ccc3ccccc23)c(O)c1. The summed E-state index contributed by atoms with van der Waals surface area (Å²) in [5.74, 6) is -0.0702. The molecular weight excluding hydrogens is 272 g/mol. The van der Waals surface area contributed by atoms with Crippen LogP contribution < -0.4 is 0 Å². The lowest BCUT2D eigenvalue weighted by Crippen LogP contribution is -2.07. The van der Waals surface area contributed by atoms with Crippen LogP contribution in [0.3, 0.4) is 0 Å². The van der Waals surface area contributed by atoms with E-state index >= 15 is 0 Å². The molecule has 0 unspecified atom stereocenters. The second-order valence-corrected chi connectivity index (χ2v) is 5.78. The third kappa shape index (κ3) is 2.27. The highest BCUT2D eigenvalue weighted by Crippen LogP contribution is 2.30. The Morgan fingerprint density at radius 3 is 2.32 bits per heavy atom. The minimum absolute atomic E-state index is 0.0508. The zero-order valence-electron chi connectivity index (χ0n) is 13.0. The standard InChI is InChI=1S/C20H18O2/c1-12-10-14(3)19(17(21)11-12)20(22)18-13(2)8-9-15-6-4-5-7-16(15)18/h4-11,21H,1-3H3. The number of ketones is 1. The van der Waals surface area contributed by atoms with E-state index in [4.69, 9.17) is 0 Å². The van der Waals surface area contributed by atoms with Crippen molar-refractivity contribution in [1.29, 1.82) is 0 Å². The van der Waals surface area contributed by atoms with Gasteiger partial charge in [-0.2, -0.15) is 0 Å². The minimum Gasteiger partial charge on any atom is -0.507 e. The molecule has 110 valence electrons. The molecule has 0 radical (unpaired) electrons. The van der Waals surface area contributed by atoms with E-state index in [-0.39, 0.29) is 11.5 Å². The second kappa shape index (κ2) is 5.30. The quantitative estimate of drug-likeness (QED) is 0.694. The number of phenolic OH excluding ortho intramolecular Hbond substituents is 1. The topological polar surface area (TPSA) is 37.3 Å². The van der Waals surface area contributed by atoms with Crippen molar-refractivity contribution in [3.63, 3.8) is 0 Å². The first-order chi connectivity index (χ1) is 10.5. The fourth-order valence-electron chi connectivity index (χ4n) is 3.05. The van der Waals surface area contributed by atoms with Gasteiger partial charge in [0.1, 0.15) is 5.75 Å². The van der Waals surface area contributed by atoms with E-state index in [1.54, 1.807) is 6.07 Å². The van der Waals surface area contributed by atoms with Gasteiger partial charge < -0.3 is 5.11 Å². The lowest BCUT2D eigenvalue weighted by Gasteiger charge is -2.13. The number of aryl methyl sites for hydroxylation is 3. The monoisotopic (exact) mass is 290 g/mol. The molecule has 2 nitrogen and oxygen atoms in total. The van der Waals surface area contributed by atoms with Crippen LogP contribution in [0.4, 0.5) is 0 Å². The summed E-state index contributed by atoms with van der Waals surface area (Å²) < 4.78 is 0. The van der Waals surface area contributed by atoms with Gasteiger partial charge >= 0.3 is 0 Å². The predicted molar refractivity (Wildman–Crippen MR) is 89.7 cm³/mol. The van der Waals surface area contributed by atoms with Crippen LogP contribution in [0.2, 0.25) is 0 Å². The van der Waals surface area contributed by atoms with Crippen molar-refractivity contribution in [2.75, 3.05) is 0 Å². The van der Waals surface area contributed by atoms with Crippen LogP contribution in [0, 0.1) is 20.8 Å². The molecule has 0 amide bonds. The highest BCUT2D eigenvalue weighted by atomic mass is 16.3. The van der Waals surface area contributed by atoms with Crippen molar-refractivity contribution in [2.24, 2.45) is 0 Å². The molecule has 2 heteroatoms. The van der Waals surface area contributed by atoms with E-state index in [0.29, 0.717) is 11.1 Å². The Balaban J connectivity index is 2.29. The van der Waals surface area contributed by atoms with Crippen molar-refractivity contribution >= 4 is 16.6 Å². The molecule has 0 heterocycles. The number of benzene rings is 3. The fourth-order valence-corrected chi connectivity index (χ4v) is 3.05. The van der Waals surface area contributed by atoms with E-state index in [1.165, 1.54) is 0 Å². The first-order valence-corrected chi connectivity index (χ1v) is 7.32. The van der Waals surface area contributed by atoms with Gasteiger partial charge in [0.25, 0.3) is 0 Å². The van der Waals surface area contributed by atoms with Crippen molar-refractivity contribution < 1.29 is 9.90 Å². The molecular formula is C20H18O2. The zero-order valence-corrected chi connectivity index (χ0v) is 13.0. The third-order valence-corrected chi connectivity index (χ3v) is 4.05. The Morgan fingerprint density at radius 2 is 1.59 bits per heavy atom. The average Bonchev–Trinajstić information content (AvgIpc) is 2.45. The molecule has 0 fully saturated rings. The van der Waals surface area contributed by atoms with E-state index < -0.39 is 0 Å². The highest BCUT2D eigenvalue weighted by molar-refractivity contribution is 6.19. The van der Waals surface area contributed by atoms with Crippen LogP contribution in [0.1, 0.15) is 32.6 Å². The lowest BCUT2D eigenvalue weighted by atomic mass is 9.90. The molecule has 0 spiro atoms. The lowest BCUT2D eigenvalue weighted by molar-refractivity contribution is 0.103. The van der Waals surface area contributed by atoms with Crippen molar-refractivity contribution in [3.05, 3.63) is 76.3 Å². The van der Waals surface area contributed by atoms with Crippen LogP contribution in [0.5, 0.6) is 5.75 Å². The number of fused-ring (bicyclic) bond motifs is 1. The van der Waals surface area contributed by atoms with Gasteiger partial charge in [-0.1, -0.05) is 42.5 Å². The van der Waals surface area contributed by atoms with Crippen LogP contribution in [-0.4, -0.2) is 10.9 Å². The number of aromatic hydroxyl groups is 1. The molecule has 1 N–H and O–H groups in total. The molecule has 0 aromatic heterocycles. The molecule has 0 aliphatic carbocycles. The summed E-state index contributed by atoms with van der Waals surface area (Å²) in [6, 6.07) is 15.4. The molecule has 22 heavy (non-hydrogen) atoms. The van der Waals surface area contributed by atoms with Crippen LogP contribution >= 0.6 is 0 Å². The molecule has 3 aromatic rings. The van der Waals surface area contributed by atoms with Crippen molar-refractivity contribution in [2.45, 2.75) is 20.8 Å². The number of carbonyl (C=O) groups is 1. The maximum atomic E-state index is 13.1. The molecule has 3 rings (SSSR count). The molecule has 0 atom stereocenters. The summed E-state index contributed by atoms with van der Waals surface area (Å²) in [7, 11) is 0. The van der Waals surface area contributed by atoms with E-state index in [1.807, 2.05) is 63.2 Å². The smallest absolute Gasteiger partial charge is 0.197 e. The van der Waals surface area contributed by atoms with Gasteiger partial charge in [-0.15, -0.1) is 0 Å². The summed E-state index contributed by atoms with van der Waals surface area (Å²) in [6.45, 7) is 5.70. The van der Waals surface area contributed by atoms with Gasteiger partial charge in [-0.3, -0.25) is 4.79 Å². The summed E-state index contributed by atoms with van der Waals surface area (Å²) in [4.78, 5) is 13.1. The number of hydrogen-bond donors (Lipinski definition) is 1. The summed E-state index contributed by atoms with van der Waals surface area (Å²) in [5, 5.41) is 12.2. The molecule has 0 aliphatic heterocycles. The van der Waals surface area contributed by atoms with Gasteiger partial charge in [0, 0.05) is 5.56 Å². The summed E-state index contributed by atoms with van der Waals surface area (Å²) in [5.41, 5.74) is 3.73. The van der Waals surface area contributed by atoms with Gasteiger partial charge in [-0.05, 0) is 54.3 Å². The van der Waals surface area contributed by atoms with E-state index in [0.717, 1.165) is 27.5 Å². The fraction of sp³-hybridized carbons (Fsp3) is 0.150. The molecule has 0 aliphatic rings. The van der Waals surface area contributed by atoms with Gasteiger partial charge in [0.05, 0.1) is 5.56 Å². The highest BCUT2D eigenvalue weighted by Gasteiger charge is 2.20. The van der Waals surface area contributed by atoms with Gasteiger partial charge in [-0.25, -0.2) is 0 Å².